The Morgan fingerprint density at radius 1 is 1.18 bits per heavy atom. The molecule has 1 aliphatic heterocycles. The lowest BCUT2D eigenvalue weighted by molar-refractivity contribution is 0.0940. The summed E-state index contributed by atoms with van der Waals surface area (Å²) in [5.41, 5.74) is 2.19. The fourth-order valence-corrected chi connectivity index (χ4v) is 3.52. The summed E-state index contributed by atoms with van der Waals surface area (Å²) < 4.78 is 3.58. The van der Waals surface area contributed by atoms with E-state index < -0.39 is 0 Å². The second-order valence-electron chi connectivity index (χ2n) is 6.72. The van der Waals surface area contributed by atoms with Gasteiger partial charge in [0.1, 0.15) is 6.33 Å². The highest BCUT2D eigenvalue weighted by molar-refractivity contribution is 5.95. The van der Waals surface area contributed by atoms with Crippen molar-refractivity contribution in [2.45, 2.75) is 12.5 Å². The third kappa shape index (κ3) is 2.96. The molecular formula is C19H18N8O. The normalized spacial score (nSPS) is 16.6. The predicted octanol–water partition coefficient (Wildman–Crippen LogP) is 1.32. The first-order chi connectivity index (χ1) is 13.8. The molecule has 0 bridgehead atoms. The van der Waals surface area contributed by atoms with E-state index in [0.717, 1.165) is 30.1 Å². The molecule has 140 valence electrons. The number of anilines is 1. The minimum Gasteiger partial charge on any atom is -0.351 e. The Morgan fingerprint density at radius 3 is 3.04 bits per heavy atom. The number of hydrogen-bond donors (Lipinski definition) is 1. The number of aromatic nitrogens is 6. The van der Waals surface area contributed by atoms with Crippen LogP contribution in [0.1, 0.15) is 16.8 Å². The topological polar surface area (TPSA) is 93.2 Å². The van der Waals surface area contributed by atoms with Gasteiger partial charge in [-0.05, 0) is 30.7 Å². The van der Waals surface area contributed by atoms with Crippen molar-refractivity contribution in [1.29, 1.82) is 0 Å². The first-order valence-electron chi connectivity index (χ1n) is 9.08. The minimum atomic E-state index is -0.0884. The number of carbonyl (C=O) groups is 1. The molecule has 1 saturated heterocycles. The van der Waals surface area contributed by atoms with Crippen molar-refractivity contribution in [2.75, 3.05) is 18.0 Å². The van der Waals surface area contributed by atoms with Gasteiger partial charge >= 0.3 is 0 Å². The van der Waals surface area contributed by atoms with Crippen molar-refractivity contribution in [3.8, 4) is 5.69 Å². The Kier molecular flexibility index (Phi) is 3.97. The van der Waals surface area contributed by atoms with Gasteiger partial charge in [-0.1, -0.05) is 6.07 Å². The summed E-state index contributed by atoms with van der Waals surface area (Å²) in [6, 6.07) is 9.34. The van der Waals surface area contributed by atoms with E-state index in [1.165, 1.54) is 0 Å². The van der Waals surface area contributed by atoms with Crippen molar-refractivity contribution in [1.82, 2.24) is 34.7 Å². The number of benzene rings is 1. The van der Waals surface area contributed by atoms with Crippen LogP contribution in [0.15, 0.2) is 61.4 Å². The fraction of sp³-hybridized carbons (Fsp3) is 0.211. The van der Waals surface area contributed by atoms with Gasteiger partial charge in [-0.25, -0.2) is 9.67 Å². The molecule has 1 N–H and O–H groups in total. The van der Waals surface area contributed by atoms with Gasteiger partial charge < -0.3 is 10.2 Å². The van der Waals surface area contributed by atoms with Crippen LogP contribution < -0.4 is 10.2 Å². The number of hydrogen-bond acceptors (Lipinski definition) is 6. The molecule has 1 aromatic carbocycles. The molecule has 1 aliphatic rings. The van der Waals surface area contributed by atoms with Gasteiger partial charge in [-0.3, -0.25) is 9.20 Å². The highest BCUT2D eigenvalue weighted by atomic mass is 16.1. The number of nitrogens with one attached hydrogen (secondary N) is 1. The molecule has 1 atom stereocenters. The second kappa shape index (κ2) is 6.76. The summed E-state index contributed by atoms with van der Waals surface area (Å²) in [6.45, 7) is 1.49. The van der Waals surface area contributed by atoms with Gasteiger partial charge in [0.15, 0.2) is 5.82 Å². The zero-order valence-corrected chi connectivity index (χ0v) is 15.0. The molecular weight excluding hydrogens is 356 g/mol. The second-order valence-corrected chi connectivity index (χ2v) is 6.72. The smallest absolute Gasteiger partial charge is 0.251 e. The average molecular weight is 374 g/mol. The molecule has 9 nitrogen and oxygen atoms in total. The van der Waals surface area contributed by atoms with Crippen LogP contribution in [0.3, 0.4) is 0 Å². The Balaban J connectivity index is 1.29. The van der Waals surface area contributed by atoms with Crippen LogP contribution in [-0.2, 0) is 0 Å². The molecule has 0 spiro atoms. The lowest BCUT2D eigenvalue weighted by Crippen LogP contribution is -2.37. The lowest BCUT2D eigenvalue weighted by Gasteiger charge is -2.18. The summed E-state index contributed by atoms with van der Waals surface area (Å²) in [6.07, 6.45) is 9.62. The van der Waals surface area contributed by atoms with Crippen LogP contribution in [-0.4, -0.2) is 54.4 Å². The maximum atomic E-state index is 12.7. The highest BCUT2D eigenvalue weighted by Crippen LogP contribution is 2.21. The van der Waals surface area contributed by atoms with Crippen LogP contribution in [0.5, 0.6) is 0 Å². The first-order valence-corrected chi connectivity index (χ1v) is 9.08. The van der Waals surface area contributed by atoms with Crippen molar-refractivity contribution < 1.29 is 4.79 Å². The molecule has 0 radical (unpaired) electrons. The van der Waals surface area contributed by atoms with Crippen molar-refractivity contribution in [3.05, 3.63) is 67.0 Å². The van der Waals surface area contributed by atoms with E-state index >= 15 is 0 Å². The number of nitrogens with zero attached hydrogens (tertiary/aromatic N) is 7. The van der Waals surface area contributed by atoms with Crippen LogP contribution in [0.2, 0.25) is 0 Å². The van der Waals surface area contributed by atoms with Gasteiger partial charge in [0.2, 0.25) is 5.65 Å². The van der Waals surface area contributed by atoms with E-state index in [4.69, 9.17) is 0 Å². The Hall–Kier alpha value is -3.75. The first kappa shape index (κ1) is 16.4. The maximum Gasteiger partial charge on any atom is 0.251 e. The molecule has 4 heterocycles. The molecule has 4 aromatic rings. The van der Waals surface area contributed by atoms with E-state index in [1.807, 2.05) is 47.1 Å². The molecule has 9 heteroatoms. The van der Waals surface area contributed by atoms with Crippen LogP contribution in [0.4, 0.5) is 5.82 Å². The Labute approximate surface area is 160 Å². The van der Waals surface area contributed by atoms with Crippen LogP contribution >= 0.6 is 0 Å². The molecule has 3 aromatic heterocycles. The van der Waals surface area contributed by atoms with Gasteiger partial charge in [0.05, 0.1) is 5.69 Å². The summed E-state index contributed by atoms with van der Waals surface area (Å²) in [5, 5.41) is 15.4. The molecule has 0 unspecified atom stereocenters. The number of rotatable bonds is 4. The van der Waals surface area contributed by atoms with E-state index in [1.54, 1.807) is 23.4 Å². The zero-order chi connectivity index (χ0) is 18.9. The van der Waals surface area contributed by atoms with E-state index in [2.05, 4.69) is 30.5 Å². The Morgan fingerprint density at radius 2 is 2.14 bits per heavy atom. The van der Waals surface area contributed by atoms with E-state index in [9.17, 15) is 4.79 Å². The monoisotopic (exact) mass is 374 g/mol. The summed E-state index contributed by atoms with van der Waals surface area (Å²) in [5.74, 6) is 0.701. The largest absolute Gasteiger partial charge is 0.351 e. The SMILES string of the molecule is O=C(N[C@H]1CCN(c2nccn3cnnc23)C1)c1cccc(-n2cccn2)c1. The molecule has 0 aliphatic carbocycles. The van der Waals surface area contributed by atoms with Crippen molar-refractivity contribution in [2.24, 2.45) is 0 Å². The Bertz CT molecular complexity index is 1120. The predicted molar refractivity (Wildman–Crippen MR) is 102 cm³/mol. The molecule has 28 heavy (non-hydrogen) atoms. The van der Waals surface area contributed by atoms with Crippen LogP contribution in [0.25, 0.3) is 11.3 Å². The highest BCUT2D eigenvalue weighted by Gasteiger charge is 2.27. The average Bonchev–Trinajstić information content (AvgIpc) is 3.48. The number of carbonyl (C=O) groups excluding carboxylic acids is 1. The van der Waals surface area contributed by atoms with Crippen molar-refractivity contribution in [3.63, 3.8) is 0 Å². The zero-order valence-electron chi connectivity index (χ0n) is 15.0. The third-order valence-corrected chi connectivity index (χ3v) is 4.90. The van der Waals surface area contributed by atoms with Crippen LogP contribution in [0, 0.1) is 0 Å². The van der Waals surface area contributed by atoms with Gasteiger partial charge in [0, 0.05) is 49.5 Å². The standard InChI is InChI=1S/C19H18N8O/c28-19(14-3-1-4-16(11-14)27-8-2-6-22-27)23-15-5-9-25(12-15)17-18-24-21-13-26(18)10-7-20-17/h1-4,6-8,10-11,13,15H,5,9,12H2,(H,23,28)/t15-/m0/s1. The quantitative estimate of drug-likeness (QED) is 0.579. The van der Waals surface area contributed by atoms with Gasteiger partial charge in [-0.15, -0.1) is 10.2 Å². The fourth-order valence-electron chi connectivity index (χ4n) is 3.52. The molecule has 1 amide bonds. The number of fused-ring (bicyclic) bond motifs is 1. The van der Waals surface area contributed by atoms with Gasteiger partial charge in [0.25, 0.3) is 5.91 Å². The molecule has 5 rings (SSSR count). The maximum absolute atomic E-state index is 12.7. The van der Waals surface area contributed by atoms with Crippen molar-refractivity contribution >= 4 is 17.4 Å². The van der Waals surface area contributed by atoms with E-state index in [0.29, 0.717) is 12.1 Å². The van der Waals surface area contributed by atoms with Gasteiger partial charge in [-0.2, -0.15) is 5.10 Å². The summed E-state index contributed by atoms with van der Waals surface area (Å²) in [7, 11) is 0. The number of amides is 1. The third-order valence-electron chi connectivity index (χ3n) is 4.90. The molecule has 0 saturated carbocycles. The molecule has 1 fully saturated rings. The summed E-state index contributed by atoms with van der Waals surface area (Å²) >= 11 is 0. The minimum absolute atomic E-state index is 0.0471. The lowest BCUT2D eigenvalue weighted by atomic mass is 10.1. The summed E-state index contributed by atoms with van der Waals surface area (Å²) in [4.78, 5) is 19.3. The van der Waals surface area contributed by atoms with E-state index in [-0.39, 0.29) is 11.9 Å².